The van der Waals surface area contributed by atoms with Gasteiger partial charge in [-0.15, -0.1) is 13.2 Å². The summed E-state index contributed by atoms with van der Waals surface area (Å²) < 4.78 is 34.5. The Bertz CT molecular complexity index is 99.7. The van der Waals surface area contributed by atoms with Crippen molar-refractivity contribution >= 4 is 6.16 Å². The number of halogens is 3. The molecule has 0 aliphatic carbocycles. The molecule has 9 heavy (non-hydrogen) atoms. The Morgan fingerprint density at radius 1 is 1.44 bits per heavy atom. The van der Waals surface area contributed by atoms with Crippen LogP contribution in [0, 0.1) is 0 Å². The Morgan fingerprint density at radius 2 is 1.78 bits per heavy atom. The summed E-state index contributed by atoms with van der Waals surface area (Å²) in [5.74, 6) is 0. The molecule has 0 rings (SSSR count). The molecule has 0 unspecified atom stereocenters. The van der Waals surface area contributed by atoms with Gasteiger partial charge in [0.05, 0.1) is 0 Å². The quantitative estimate of drug-likeness (QED) is 0.507. The van der Waals surface area contributed by atoms with E-state index in [9.17, 15) is 13.2 Å². The first-order chi connectivity index (χ1) is 3.42. The third kappa shape index (κ3) is 10.9. The highest BCUT2D eigenvalue weighted by Gasteiger charge is 2.33. The summed E-state index contributed by atoms with van der Waals surface area (Å²) in [6.07, 6.45) is -7.43. The smallest absolute Gasteiger partial charge is 0.450 e. The fourth-order valence-electron chi connectivity index (χ4n) is 0.0990. The molecule has 7 heteroatoms. The Kier molecular flexibility index (Phi) is 3.79. The predicted octanol–water partition coefficient (Wildman–Crippen LogP) is 1.36. The van der Waals surface area contributed by atoms with E-state index in [4.69, 9.17) is 9.90 Å². The number of rotatable bonds is 0. The molecule has 0 saturated carbocycles. The molecular formula is C2H4F3NO3. The van der Waals surface area contributed by atoms with Gasteiger partial charge in [0.1, 0.15) is 0 Å². The second-order valence-electron chi connectivity index (χ2n) is 0.814. The van der Waals surface area contributed by atoms with Crippen molar-refractivity contribution in [2.75, 3.05) is 0 Å². The first-order valence-corrected chi connectivity index (χ1v) is 1.40. The first-order valence-electron chi connectivity index (χ1n) is 1.40. The molecule has 0 spiro atoms. The van der Waals surface area contributed by atoms with Crippen LogP contribution in [-0.2, 0) is 4.74 Å². The van der Waals surface area contributed by atoms with Gasteiger partial charge in [0, 0.05) is 0 Å². The van der Waals surface area contributed by atoms with E-state index in [1.54, 1.807) is 0 Å². The van der Waals surface area contributed by atoms with Crippen LogP contribution in [0.15, 0.2) is 0 Å². The van der Waals surface area contributed by atoms with Crippen molar-refractivity contribution in [1.82, 2.24) is 6.15 Å². The number of hydrogen-bond donors (Lipinski definition) is 2. The third-order valence-electron chi connectivity index (χ3n) is 0.203. The Morgan fingerprint density at radius 3 is 1.78 bits per heavy atom. The van der Waals surface area contributed by atoms with E-state index in [0.29, 0.717) is 0 Å². The van der Waals surface area contributed by atoms with E-state index in [1.165, 1.54) is 0 Å². The highest BCUT2D eigenvalue weighted by atomic mass is 19.4. The van der Waals surface area contributed by atoms with Gasteiger partial charge in [-0.1, -0.05) is 0 Å². The summed E-state index contributed by atoms with van der Waals surface area (Å²) in [7, 11) is 0. The topological polar surface area (TPSA) is 81.5 Å². The number of carboxylic acid groups (broad SMARTS) is 1. The minimum Gasteiger partial charge on any atom is -0.450 e. The molecule has 0 aliphatic heterocycles. The summed E-state index contributed by atoms with van der Waals surface area (Å²) in [5.41, 5.74) is 0. The van der Waals surface area contributed by atoms with Crippen molar-refractivity contribution in [2.24, 2.45) is 0 Å². The van der Waals surface area contributed by atoms with Crippen LogP contribution in [0.4, 0.5) is 18.0 Å². The van der Waals surface area contributed by atoms with Crippen molar-refractivity contribution in [1.29, 1.82) is 0 Å². The van der Waals surface area contributed by atoms with E-state index < -0.39 is 12.5 Å². The van der Waals surface area contributed by atoms with Gasteiger partial charge in [-0.25, -0.2) is 4.79 Å². The van der Waals surface area contributed by atoms with Crippen LogP contribution < -0.4 is 6.15 Å². The van der Waals surface area contributed by atoms with Crippen molar-refractivity contribution in [2.45, 2.75) is 6.36 Å². The average Bonchev–Trinajstić information content (AvgIpc) is 1.21. The van der Waals surface area contributed by atoms with E-state index in [1.807, 2.05) is 0 Å². The zero-order valence-electron chi connectivity index (χ0n) is 4.10. The lowest BCUT2D eigenvalue weighted by Crippen LogP contribution is -2.17. The summed E-state index contributed by atoms with van der Waals surface area (Å²) in [4.78, 5) is 9.07. The van der Waals surface area contributed by atoms with Crippen molar-refractivity contribution in [3.05, 3.63) is 0 Å². The fourth-order valence-corrected chi connectivity index (χ4v) is 0.0990. The van der Waals surface area contributed by atoms with Crippen LogP contribution >= 0.6 is 0 Å². The molecule has 56 valence electrons. The standard InChI is InChI=1S/C2HF3O3.H3N/c3-2(4,5)8-1(6)7;/h(H,6,7);1H3. The molecule has 4 N–H and O–H groups in total. The summed E-state index contributed by atoms with van der Waals surface area (Å²) in [6.45, 7) is 0. The zero-order valence-corrected chi connectivity index (χ0v) is 4.10. The van der Waals surface area contributed by atoms with Gasteiger partial charge in [-0.05, 0) is 0 Å². The summed E-state index contributed by atoms with van der Waals surface area (Å²) in [5, 5.41) is 7.31. The Balaban J connectivity index is 0. The SMILES string of the molecule is N.O=C(O)OC(F)(F)F. The lowest BCUT2D eigenvalue weighted by molar-refractivity contribution is -0.297. The minimum atomic E-state index is -5.08. The van der Waals surface area contributed by atoms with Gasteiger partial charge < -0.3 is 16.0 Å². The zero-order chi connectivity index (χ0) is 6.78. The van der Waals surface area contributed by atoms with Crippen LogP contribution in [0.3, 0.4) is 0 Å². The number of ether oxygens (including phenoxy) is 1. The lowest BCUT2D eigenvalue weighted by Gasteiger charge is -2.00. The van der Waals surface area contributed by atoms with Gasteiger partial charge in [-0.3, -0.25) is 0 Å². The maximum atomic E-state index is 10.7. The Hall–Kier alpha value is -0.980. The number of carbonyl (C=O) groups is 1. The summed E-state index contributed by atoms with van der Waals surface area (Å²) in [6, 6.07) is 0. The van der Waals surface area contributed by atoms with Crippen LogP contribution in [-0.4, -0.2) is 17.6 Å². The van der Waals surface area contributed by atoms with E-state index in [-0.39, 0.29) is 6.15 Å². The molecule has 0 heterocycles. The second kappa shape index (κ2) is 3.13. The molecular weight excluding hydrogens is 143 g/mol. The molecule has 4 nitrogen and oxygen atoms in total. The van der Waals surface area contributed by atoms with Gasteiger partial charge in [0.15, 0.2) is 0 Å². The van der Waals surface area contributed by atoms with E-state index in [2.05, 4.69) is 4.74 Å². The van der Waals surface area contributed by atoms with Crippen LogP contribution in [0.1, 0.15) is 0 Å². The second-order valence-corrected chi connectivity index (χ2v) is 0.814. The monoisotopic (exact) mass is 147 g/mol. The van der Waals surface area contributed by atoms with E-state index in [0.717, 1.165) is 0 Å². The molecule has 0 amide bonds. The maximum absolute atomic E-state index is 10.7. The number of alkyl halides is 3. The largest absolute Gasteiger partial charge is 0.577 e. The molecule has 0 aromatic rings. The Labute approximate surface area is 47.8 Å². The van der Waals surface area contributed by atoms with E-state index >= 15 is 0 Å². The maximum Gasteiger partial charge on any atom is 0.577 e. The fraction of sp³-hybridized carbons (Fsp3) is 0.500. The highest BCUT2D eigenvalue weighted by Crippen LogP contribution is 2.15. The van der Waals surface area contributed by atoms with Gasteiger partial charge in [0.2, 0.25) is 0 Å². The van der Waals surface area contributed by atoms with Crippen LogP contribution in [0.5, 0.6) is 0 Å². The lowest BCUT2D eigenvalue weighted by atomic mass is 11.2. The molecule has 0 aromatic heterocycles. The third-order valence-corrected chi connectivity index (χ3v) is 0.203. The molecule has 0 atom stereocenters. The van der Waals surface area contributed by atoms with Crippen molar-refractivity contribution in [3.8, 4) is 0 Å². The minimum absolute atomic E-state index is 0. The molecule has 0 saturated heterocycles. The molecule has 0 aliphatic rings. The van der Waals surface area contributed by atoms with Gasteiger partial charge >= 0.3 is 12.5 Å². The van der Waals surface area contributed by atoms with Gasteiger partial charge in [0.25, 0.3) is 0 Å². The molecule has 0 aromatic carbocycles. The first kappa shape index (κ1) is 10.9. The molecule has 0 radical (unpaired) electrons. The van der Waals surface area contributed by atoms with Crippen molar-refractivity contribution < 1.29 is 27.8 Å². The summed E-state index contributed by atoms with van der Waals surface area (Å²) >= 11 is 0. The highest BCUT2D eigenvalue weighted by molar-refractivity contribution is 5.56. The van der Waals surface area contributed by atoms with Crippen molar-refractivity contribution in [3.63, 3.8) is 0 Å². The molecule has 0 bridgehead atoms. The average molecular weight is 147 g/mol. The number of hydrogen-bond acceptors (Lipinski definition) is 3. The normalized spacial score (nSPS) is 9.67. The van der Waals surface area contributed by atoms with Gasteiger partial charge in [-0.2, -0.15) is 0 Å². The predicted molar refractivity (Wildman–Crippen MR) is 20.2 cm³/mol. The van der Waals surface area contributed by atoms with Crippen LogP contribution in [0.2, 0.25) is 0 Å². The molecule has 0 fully saturated rings. The van der Waals surface area contributed by atoms with Crippen LogP contribution in [0.25, 0.3) is 0 Å².